The molecule has 0 aliphatic heterocycles. The summed E-state index contributed by atoms with van der Waals surface area (Å²) in [6.45, 7) is 2.53. The lowest BCUT2D eigenvalue weighted by Crippen LogP contribution is -2.22. The van der Waals surface area contributed by atoms with E-state index in [0.717, 1.165) is 16.9 Å². The van der Waals surface area contributed by atoms with E-state index in [1.807, 2.05) is 61.5 Å². The van der Waals surface area contributed by atoms with Crippen molar-refractivity contribution < 1.29 is 18.3 Å². The highest BCUT2D eigenvalue weighted by molar-refractivity contribution is 7.51. The van der Waals surface area contributed by atoms with Crippen molar-refractivity contribution in [2.45, 2.75) is 19.4 Å². The lowest BCUT2D eigenvalue weighted by molar-refractivity contribution is 0.171. The number of ether oxygens (including phenoxy) is 1. The molecule has 0 aliphatic carbocycles. The van der Waals surface area contributed by atoms with E-state index in [-0.39, 0.29) is 6.10 Å². The summed E-state index contributed by atoms with van der Waals surface area (Å²) in [5, 5.41) is 0. The first-order valence-corrected chi connectivity index (χ1v) is 9.70. The van der Waals surface area contributed by atoms with Gasteiger partial charge in [-0.25, -0.2) is 9.24 Å². The van der Waals surface area contributed by atoms with Crippen LogP contribution >= 0.6 is 7.75 Å². The third kappa shape index (κ3) is 5.16. The van der Waals surface area contributed by atoms with Gasteiger partial charge in [-0.05, 0) is 31.2 Å². The Labute approximate surface area is 150 Å². The van der Waals surface area contributed by atoms with Crippen molar-refractivity contribution in [3.05, 3.63) is 65.7 Å². The van der Waals surface area contributed by atoms with Crippen molar-refractivity contribution in [1.82, 2.24) is 4.67 Å². The van der Waals surface area contributed by atoms with Gasteiger partial charge in [0, 0.05) is 27.2 Å². The van der Waals surface area contributed by atoms with Gasteiger partial charge in [-0.2, -0.15) is 0 Å². The lowest BCUT2D eigenvalue weighted by atomic mass is 10.1. The SMILES string of the molecule is COP(=O)(OC)N(C)CCC(Oc1ccccc1C)c1ccccc1. The van der Waals surface area contributed by atoms with Gasteiger partial charge in [-0.1, -0.05) is 48.5 Å². The Morgan fingerprint density at radius 1 is 1.00 bits per heavy atom. The van der Waals surface area contributed by atoms with Gasteiger partial charge >= 0.3 is 7.75 Å². The number of nitrogens with zero attached hydrogens (tertiary/aromatic N) is 1. The molecule has 0 spiro atoms. The molecule has 1 unspecified atom stereocenters. The maximum atomic E-state index is 12.5. The van der Waals surface area contributed by atoms with Gasteiger partial charge in [0.05, 0.1) is 0 Å². The molecule has 0 saturated heterocycles. The molecule has 2 rings (SSSR count). The maximum absolute atomic E-state index is 12.5. The Balaban J connectivity index is 2.16. The number of hydrogen-bond donors (Lipinski definition) is 0. The summed E-state index contributed by atoms with van der Waals surface area (Å²) in [6, 6.07) is 18.0. The molecule has 0 N–H and O–H groups in total. The van der Waals surface area contributed by atoms with E-state index in [2.05, 4.69) is 0 Å². The van der Waals surface area contributed by atoms with E-state index in [4.69, 9.17) is 13.8 Å². The molecule has 1 atom stereocenters. The van der Waals surface area contributed by atoms with Gasteiger partial charge in [0.15, 0.2) is 0 Å². The molecule has 2 aromatic carbocycles. The second-order valence-corrected chi connectivity index (χ2v) is 8.14. The van der Waals surface area contributed by atoms with Crippen LogP contribution in [0, 0.1) is 6.92 Å². The maximum Gasteiger partial charge on any atom is 0.407 e. The highest BCUT2D eigenvalue weighted by atomic mass is 31.2. The predicted octanol–water partition coefficient (Wildman–Crippen LogP) is 4.84. The molecule has 0 saturated carbocycles. The fourth-order valence-corrected chi connectivity index (χ4v) is 3.65. The molecular weight excluding hydrogens is 337 g/mol. The summed E-state index contributed by atoms with van der Waals surface area (Å²) in [5.41, 5.74) is 2.15. The van der Waals surface area contributed by atoms with Crippen molar-refractivity contribution in [2.24, 2.45) is 0 Å². The summed E-state index contributed by atoms with van der Waals surface area (Å²) >= 11 is 0. The topological polar surface area (TPSA) is 48.0 Å². The molecule has 0 radical (unpaired) electrons. The Hall–Kier alpha value is -1.65. The van der Waals surface area contributed by atoms with E-state index in [1.54, 1.807) is 11.7 Å². The van der Waals surface area contributed by atoms with Crippen LogP contribution in [0.3, 0.4) is 0 Å². The smallest absolute Gasteiger partial charge is 0.407 e. The highest BCUT2D eigenvalue weighted by Gasteiger charge is 2.28. The van der Waals surface area contributed by atoms with Gasteiger partial charge in [-0.3, -0.25) is 9.05 Å². The molecule has 0 aromatic heterocycles. The molecule has 0 fully saturated rings. The zero-order valence-corrected chi connectivity index (χ0v) is 16.1. The number of aryl methyl sites for hydroxylation is 1. The number of rotatable bonds is 9. The van der Waals surface area contributed by atoms with Crippen molar-refractivity contribution in [1.29, 1.82) is 0 Å². The average molecular weight is 363 g/mol. The van der Waals surface area contributed by atoms with E-state index >= 15 is 0 Å². The first-order valence-electron chi connectivity index (χ1n) is 8.20. The van der Waals surface area contributed by atoms with Gasteiger partial charge in [0.25, 0.3) is 0 Å². The van der Waals surface area contributed by atoms with Crippen LogP contribution in [-0.2, 0) is 13.6 Å². The van der Waals surface area contributed by atoms with Crippen LogP contribution in [-0.4, -0.2) is 32.5 Å². The third-order valence-corrected chi connectivity index (χ3v) is 6.09. The van der Waals surface area contributed by atoms with Crippen molar-refractivity contribution >= 4 is 7.75 Å². The Bertz CT molecular complexity index is 700. The van der Waals surface area contributed by atoms with Crippen LogP contribution in [0.2, 0.25) is 0 Å². The molecule has 6 heteroatoms. The van der Waals surface area contributed by atoms with Crippen molar-refractivity contribution in [2.75, 3.05) is 27.8 Å². The van der Waals surface area contributed by atoms with Gasteiger partial charge in [0.2, 0.25) is 0 Å². The van der Waals surface area contributed by atoms with Gasteiger partial charge in [0.1, 0.15) is 11.9 Å². The van der Waals surface area contributed by atoms with Gasteiger partial charge < -0.3 is 4.74 Å². The Kier molecular flexibility index (Phi) is 7.21. The van der Waals surface area contributed by atoms with Crippen LogP contribution in [0.25, 0.3) is 0 Å². The van der Waals surface area contributed by atoms with Crippen molar-refractivity contribution in [3.63, 3.8) is 0 Å². The second-order valence-electron chi connectivity index (χ2n) is 5.79. The molecule has 0 aliphatic rings. The summed E-state index contributed by atoms with van der Waals surface area (Å²) < 4.78 is 30.4. The molecule has 0 amide bonds. The molecule has 25 heavy (non-hydrogen) atoms. The third-order valence-electron chi connectivity index (χ3n) is 4.13. The fraction of sp³-hybridized carbons (Fsp3) is 0.368. The quantitative estimate of drug-likeness (QED) is 0.597. The van der Waals surface area contributed by atoms with Crippen LogP contribution < -0.4 is 4.74 Å². The Morgan fingerprint density at radius 3 is 2.20 bits per heavy atom. The first kappa shape index (κ1) is 19.7. The van der Waals surface area contributed by atoms with Crippen LogP contribution in [0.15, 0.2) is 54.6 Å². The monoisotopic (exact) mass is 363 g/mol. The predicted molar refractivity (Wildman–Crippen MR) is 99.9 cm³/mol. The van der Waals surface area contributed by atoms with Crippen LogP contribution in [0.5, 0.6) is 5.75 Å². The normalized spacial score (nSPS) is 13.0. The summed E-state index contributed by atoms with van der Waals surface area (Å²) in [4.78, 5) is 0. The summed E-state index contributed by atoms with van der Waals surface area (Å²) in [5.74, 6) is 0.848. The number of hydrogen-bond acceptors (Lipinski definition) is 4. The molecule has 2 aromatic rings. The Morgan fingerprint density at radius 2 is 1.60 bits per heavy atom. The second kappa shape index (κ2) is 9.16. The van der Waals surface area contributed by atoms with Gasteiger partial charge in [-0.15, -0.1) is 0 Å². The number of benzene rings is 2. The van der Waals surface area contributed by atoms with E-state index in [1.165, 1.54) is 14.2 Å². The molecule has 0 heterocycles. The van der Waals surface area contributed by atoms with Crippen LogP contribution in [0.4, 0.5) is 0 Å². The number of para-hydroxylation sites is 1. The molecule has 5 nitrogen and oxygen atoms in total. The average Bonchev–Trinajstić information content (AvgIpc) is 2.66. The minimum atomic E-state index is -3.23. The minimum absolute atomic E-state index is 0.160. The molecule has 136 valence electrons. The summed E-state index contributed by atoms with van der Waals surface area (Å²) in [6.07, 6.45) is 0.484. The minimum Gasteiger partial charge on any atom is -0.485 e. The first-order chi connectivity index (χ1) is 12.0. The largest absolute Gasteiger partial charge is 0.485 e. The van der Waals surface area contributed by atoms with E-state index in [9.17, 15) is 4.57 Å². The zero-order chi connectivity index (χ0) is 18.3. The summed E-state index contributed by atoms with van der Waals surface area (Å²) in [7, 11) is 1.27. The fourth-order valence-electron chi connectivity index (χ4n) is 2.58. The molecule has 0 bridgehead atoms. The van der Waals surface area contributed by atoms with E-state index in [0.29, 0.717) is 13.0 Å². The van der Waals surface area contributed by atoms with Crippen LogP contribution in [0.1, 0.15) is 23.7 Å². The lowest BCUT2D eigenvalue weighted by Gasteiger charge is -2.27. The standard InChI is InChI=1S/C19H26NO4P/c1-16-10-8-9-13-18(16)24-19(17-11-6-5-7-12-17)14-15-20(2)25(21,22-3)23-4/h5-13,19H,14-15H2,1-4H3. The van der Waals surface area contributed by atoms with E-state index < -0.39 is 7.75 Å². The van der Waals surface area contributed by atoms with Crippen molar-refractivity contribution in [3.8, 4) is 5.75 Å². The zero-order valence-electron chi connectivity index (χ0n) is 15.2. The molecular formula is C19H26NO4P. The highest BCUT2D eigenvalue weighted by Crippen LogP contribution is 2.49.